The minimum atomic E-state index is 0.889. The van der Waals surface area contributed by atoms with Crippen LogP contribution in [-0.4, -0.2) is 17.7 Å². The minimum absolute atomic E-state index is 0.889. The predicted molar refractivity (Wildman–Crippen MR) is 125 cm³/mol. The summed E-state index contributed by atoms with van der Waals surface area (Å²) in [6, 6.07) is 23.7. The number of rotatable bonds is 0. The molecule has 0 saturated carbocycles. The average Bonchev–Trinajstić information content (AvgIpc) is 3.41. The van der Waals surface area contributed by atoms with Crippen molar-refractivity contribution in [2.75, 3.05) is 6.54 Å². The van der Waals surface area contributed by atoms with Gasteiger partial charge in [0.15, 0.2) is 0 Å². The van der Waals surface area contributed by atoms with Gasteiger partial charge in [0.1, 0.15) is 0 Å². The van der Waals surface area contributed by atoms with E-state index in [4.69, 9.17) is 0 Å². The van der Waals surface area contributed by atoms with Gasteiger partial charge in [-0.15, -0.1) is 0 Å². The topological polar surface area (TPSA) is 25.2 Å². The van der Waals surface area contributed by atoms with Gasteiger partial charge < -0.3 is 0 Å². The molecule has 0 atom stereocenters. The Morgan fingerprint density at radius 2 is 1.48 bits per heavy atom. The van der Waals surface area contributed by atoms with E-state index in [0.717, 1.165) is 6.54 Å². The molecule has 6 rings (SSSR count). The summed E-state index contributed by atoms with van der Waals surface area (Å²) in [6.07, 6.45) is 14.5. The summed E-state index contributed by atoms with van der Waals surface area (Å²) >= 11 is 0. The first-order valence-corrected chi connectivity index (χ1v) is 10.4. The molecule has 0 radical (unpaired) electrons. The number of aromatic nitrogens is 1. The van der Waals surface area contributed by atoms with Crippen LogP contribution in [0.25, 0.3) is 21.5 Å². The standard InChI is InChI=1S/C18H16.C5H5N.C4H5N/c1-3-7-15-13(5-1)9-11-18-16-8-4-2-6-14(16)10-12-17(15)18;1-2-4-6-5-3-1;1-2-4-5-3-1/h1,3,5,7,9-12H,2,4,6,8H2;1-5H;1-3H,4H2. The van der Waals surface area contributed by atoms with Crippen LogP contribution in [0.2, 0.25) is 0 Å². The lowest BCUT2D eigenvalue weighted by molar-refractivity contribution is 0.690. The molecule has 0 saturated heterocycles. The van der Waals surface area contributed by atoms with Gasteiger partial charge in [-0.1, -0.05) is 60.7 Å². The summed E-state index contributed by atoms with van der Waals surface area (Å²) in [4.78, 5) is 7.63. The molecule has 2 heteroatoms. The van der Waals surface area contributed by atoms with Crippen molar-refractivity contribution in [2.24, 2.45) is 4.99 Å². The molecular formula is C27H26N2. The van der Waals surface area contributed by atoms with Gasteiger partial charge in [0.05, 0.1) is 6.54 Å². The fourth-order valence-corrected chi connectivity index (χ4v) is 3.96. The fraction of sp³-hybridized carbons (Fsp3) is 0.185. The Morgan fingerprint density at radius 1 is 0.655 bits per heavy atom. The van der Waals surface area contributed by atoms with Crippen LogP contribution >= 0.6 is 0 Å². The smallest absolute Gasteiger partial charge is 0.0573 e. The van der Waals surface area contributed by atoms with E-state index in [1.54, 1.807) is 29.7 Å². The van der Waals surface area contributed by atoms with Crippen molar-refractivity contribution in [3.8, 4) is 0 Å². The van der Waals surface area contributed by atoms with Crippen molar-refractivity contribution < 1.29 is 0 Å². The third-order valence-corrected chi connectivity index (χ3v) is 5.36. The quantitative estimate of drug-likeness (QED) is 0.317. The van der Waals surface area contributed by atoms with Crippen molar-refractivity contribution in [3.05, 3.63) is 102 Å². The van der Waals surface area contributed by atoms with Crippen LogP contribution in [0.5, 0.6) is 0 Å². The van der Waals surface area contributed by atoms with E-state index in [2.05, 4.69) is 58.5 Å². The number of pyridine rings is 1. The van der Waals surface area contributed by atoms with E-state index >= 15 is 0 Å². The number of hydrogen-bond acceptors (Lipinski definition) is 2. The summed E-state index contributed by atoms with van der Waals surface area (Å²) in [5.41, 5.74) is 3.17. The second-order valence-electron chi connectivity index (χ2n) is 7.26. The van der Waals surface area contributed by atoms with Crippen LogP contribution in [0, 0.1) is 0 Å². The third-order valence-electron chi connectivity index (χ3n) is 5.36. The Bertz CT molecular complexity index is 1090. The maximum absolute atomic E-state index is 3.85. The number of hydrogen-bond donors (Lipinski definition) is 0. The van der Waals surface area contributed by atoms with Gasteiger partial charge in [-0.25, -0.2) is 0 Å². The molecule has 3 aromatic carbocycles. The van der Waals surface area contributed by atoms with Gasteiger partial charge >= 0.3 is 0 Å². The van der Waals surface area contributed by atoms with Gasteiger partial charge in [-0.05, 0) is 76.6 Å². The molecule has 29 heavy (non-hydrogen) atoms. The molecule has 1 aliphatic heterocycles. The van der Waals surface area contributed by atoms with Crippen molar-refractivity contribution >= 4 is 27.8 Å². The van der Waals surface area contributed by atoms with Gasteiger partial charge in [0, 0.05) is 18.6 Å². The monoisotopic (exact) mass is 378 g/mol. The number of nitrogens with zero attached hydrogens (tertiary/aromatic N) is 2. The molecular weight excluding hydrogens is 352 g/mol. The van der Waals surface area contributed by atoms with E-state index in [-0.39, 0.29) is 0 Å². The third kappa shape index (κ3) is 4.78. The first-order valence-electron chi connectivity index (χ1n) is 10.4. The Balaban J connectivity index is 0.000000152. The molecule has 0 amide bonds. The molecule has 2 heterocycles. The molecule has 0 unspecified atom stereocenters. The lowest BCUT2D eigenvalue weighted by Gasteiger charge is -2.18. The predicted octanol–water partition coefficient (Wildman–Crippen LogP) is 6.58. The molecule has 2 nitrogen and oxygen atoms in total. The maximum atomic E-state index is 3.85. The Labute approximate surface area is 172 Å². The molecule has 2 aliphatic rings. The van der Waals surface area contributed by atoms with E-state index in [1.165, 1.54) is 47.2 Å². The lowest BCUT2D eigenvalue weighted by atomic mass is 9.86. The van der Waals surface area contributed by atoms with Gasteiger partial charge in [-0.3, -0.25) is 9.98 Å². The zero-order chi connectivity index (χ0) is 19.7. The number of aryl methyl sites for hydroxylation is 2. The first kappa shape index (κ1) is 19.1. The molecule has 0 bridgehead atoms. The number of benzene rings is 3. The fourth-order valence-electron chi connectivity index (χ4n) is 3.96. The first-order chi connectivity index (χ1) is 14.4. The van der Waals surface area contributed by atoms with Crippen molar-refractivity contribution in [1.29, 1.82) is 0 Å². The largest absolute Gasteiger partial charge is 0.289 e. The molecule has 0 N–H and O–H groups in total. The summed E-state index contributed by atoms with van der Waals surface area (Å²) in [6.45, 7) is 0.889. The van der Waals surface area contributed by atoms with E-state index in [0.29, 0.717) is 0 Å². The molecule has 1 aliphatic carbocycles. The Hall–Kier alpha value is -3.26. The van der Waals surface area contributed by atoms with Crippen LogP contribution in [0.4, 0.5) is 0 Å². The van der Waals surface area contributed by atoms with Crippen LogP contribution < -0.4 is 0 Å². The van der Waals surface area contributed by atoms with Crippen molar-refractivity contribution in [2.45, 2.75) is 25.7 Å². The van der Waals surface area contributed by atoms with E-state index in [1.807, 2.05) is 30.4 Å². The Kier molecular flexibility index (Phi) is 6.44. The van der Waals surface area contributed by atoms with Crippen LogP contribution in [-0.2, 0) is 12.8 Å². The van der Waals surface area contributed by atoms with Crippen molar-refractivity contribution in [3.63, 3.8) is 0 Å². The molecule has 0 fully saturated rings. The van der Waals surface area contributed by atoms with Crippen LogP contribution in [0.3, 0.4) is 0 Å². The summed E-state index contributed by atoms with van der Waals surface area (Å²) < 4.78 is 0. The second kappa shape index (κ2) is 9.79. The summed E-state index contributed by atoms with van der Waals surface area (Å²) in [5.74, 6) is 0. The highest BCUT2D eigenvalue weighted by Gasteiger charge is 2.13. The highest BCUT2D eigenvalue weighted by Crippen LogP contribution is 2.33. The highest BCUT2D eigenvalue weighted by molar-refractivity contribution is 6.08. The molecule has 144 valence electrons. The number of fused-ring (bicyclic) bond motifs is 5. The molecule has 1 aromatic heterocycles. The van der Waals surface area contributed by atoms with Crippen LogP contribution in [0.15, 0.2) is 96.3 Å². The minimum Gasteiger partial charge on any atom is -0.289 e. The SMILES string of the molecule is C1=CCN=C1.c1ccc2c(c1)ccc1c3c(ccc12)CCCC3.c1ccncc1. The molecule has 0 spiro atoms. The van der Waals surface area contributed by atoms with Gasteiger partial charge in [-0.2, -0.15) is 0 Å². The van der Waals surface area contributed by atoms with Crippen molar-refractivity contribution in [1.82, 2.24) is 4.98 Å². The number of aliphatic imine (C=N–C) groups is 1. The number of allylic oxidation sites excluding steroid dienone is 1. The van der Waals surface area contributed by atoms with Crippen LogP contribution in [0.1, 0.15) is 24.0 Å². The summed E-state index contributed by atoms with van der Waals surface area (Å²) in [7, 11) is 0. The zero-order valence-corrected chi connectivity index (χ0v) is 16.7. The zero-order valence-electron chi connectivity index (χ0n) is 16.7. The van der Waals surface area contributed by atoms with Gasteiger partial charge in [0.2, 0.25) is 0 Å². The second-order valence-corrected chi connectivity index (χ2v) is 7.26. The normalized spacial score (nSPS) is 13.9. The Morgan fingerprint density at radius 3 is 2.17 bits per heavy atom. The van der Waals surface area contributed by atoms with E-state index < -0.39 is 0 Å². The molecule has 4 aromatic rings. The average molecular weight is 379 g/mol. The van der Waals surface area contributed by atoms with Gasteiger partial charge in [0.25, 0.3) is 0 Å². The van der Waals surface area contributed by atoms with E-state index in [9.17, 15) is 0 Å². The highest BCUT2D eigenvalue weighted by atomic mass is 14.7. The summed E-state index contributed by atoms with van der Waals surface area (Å²) in [5, 5.41) is 5.64. The lowest BCUT2D eigenvalue weighted by Crippen LogP contribution is -2.02. The maximum Gasteiger partial charge on any atom is 0.0573 e.